The number of hydrogen-bond acceptors (Lipinski definition) is 6. The molecule has 1 aromatic carbocycles. The maximum atomic E-state index is 13.3. The molecule has 0 radical (unpaired) electrons. The molecule has 4 N–H and O–H groups in total. The van der Waals surface area contributed by atoms with Crippen molar-refractivity contribution in [3.63, 3.8) is 0 Å². The standard InChI is InChI=1S/C24H36N6O3S/c1-16-11-20(16)15-26-22-13-19(14-23(28-22)30(5)34(32,33)29(3)4)24(31)27-21(17(2)25)12-18-9-7-6-8-10-18/h6-10,13-14,16-17,20-21H,11-12,15,25H2,1-5H3,(H,26,28)(H,27,31)/t16?,17?,20?,21-/m0/s1. The summed E-state index contributed by atoms with van der Waals surface area (Å²) >= 11 is 0. The van der Waals surface area contributed by atoms with Gasteiger partial charge in [0, 0.05) is 45.3 Å². The van der Waals surface area contributed by atoms with Crippen LogP contribution in [-0.2, 0) is 16.6 Å². The van der Waals surface area contributed by atoms with Crippen LogP contribution >= 0.6 is 0 Å². The maximum Gasteiger partial charge on any atom is 0.304 e. The lowest BCUT2D eigenvalue weighted by atomic mass is 10.0. The molecule has 0 saturated heterocycles. The zero-order valence-electron chi connectivity index (χ0n) is 20.5. The molecule has 0 aliphatic heterocycles. The Bertz CT molecular complexity index is 1090. The van der Waals surface area contributed by atoms with Gasteiger partial charge in [0.2, 0.25) is 0 Å². The minimum atomic E-state index is -3.77. The first kappa shape index (κ1) is 25.9. The van der Waals surface area contributed by atoms with Crippen molar-refractivity contribution in [2.45, 2.75) is 38.8 Å². The van der Waals surface area contributed by atoms with Crippen LogP contribution in [0.5, 0.6) is 0 Å². The van der Waals surface area contributed by atoms with Crippen molar-refractivity contribution in [2.75, 3.05) is 37.3 Å². The highest BCUT2D eigenvalue weighted by Gasteiger charge is 2.32. The Labute approximate surface area is 202 Å². The Morgan fingerprint density at radius 2 is 1.85 bits per heavy atom. The summed E-state index contributed by atoms with van der Waals surface area (Å²) < 4.78 is 27.5. The second-order valence-corrected chi connectivity index (χ2v) is 11.5. The fourth-order valence-electron chi connectivity index (χ4n) is 3.67. The second-order valence-electron chi connectivity index (χ2n) is 9.34. The Hall–Kier alpha value is -2.69. The van der Waals surface area contributed by atoms with Gasteiger partial charge in [0.25, 0.3) is 5.91 Å². The zero-order chi connectivity index (χ0) is 25.0. The third kappa shape index (κ3) is 6.46. The van der Waals surface area contributed by atoms with Gasteiger partial charge in [-0.05, 0) is 49.3 Å². The van der Waals surface area contributed by atoms with Crippen LogP contribution in [0.4, 0.5) is 11.6 Å². The van der Waals surface area contributed by atoms with E-state index in [1.807, 2.05) is 37.3 Å². The molecule has 34 heavy (non-hydrogen) atoms. The molecule has 9 nitrogen and oxygen atoms in total. The topological polar surface area (TPSA) is 121 Å². The summed E-state index contributed by atoms with van der Waals surface area (Å²) in [7, 11) is 0.556. The highest BCUT2D eigenvalue weighted by Crippen LogP contribution is 2.37. The molecular formula is C24H36N6O3S. The molecular weight excluding hydrogens is 452 g/mol. The number of nitrogens with two attached hydrogens (primary N) is 1. The van der Waals surface area contributed by atoms with Crippen molar-refractivity contribution in [1.82, 2.24) is 14.6 Å². The molecule has 1 aromatic heterocycles. The van der Waals surface area contributed by atoms with Gasteiger partial charge in [-0.1, -0.05) is 37.3 Å². The average Bonchev–Trinajstić information content (AvgIpc) is 3.51. The monoisotopic (exact) mass is 488 g/mol. The predicted molar refractivity (Wildman–Crippen MR) is 136 cm³/mol. The second kappa shape index (κ2) is 10.7. The fraction of sp³-hybridized carbons (Fsp3) is 0.500. The first-order valence-corrected chi connectivity index (χ1v) is 12.9. The molecule has 4 atom stereocenters. The summed E-state index contributed by atoms with van der Waals surface area (Å²) in [6, 6.07) is 12.4. The molecule has 10 heteroatoms. The van der Waals surface area contributed by atoms with Crippen LogP contribution in [0, 0.1) is 11.8 Å². The normalized spacial score (nSPS) is 19.4. The Balaban J connectivity index is 1.87. The van der Waals surface area contributed by atoms with Crippen molar-refractivity contribution in [3.8, 4) is 0 Å². The number of benzene rings is 1. The van der Waals surface area contributed by atoms with Gasteiger partial charge in [-0.2, -0.15) is 12.7 Å². The lowest BCUT2D eigenvalue weighted by Crippen LogP contribution is -2.47. The quantitative estimate of drug-likeness (QED) is 0.445. The molecule has 0 bridgehead atoms. The van der Waals surface area contributed by atoms with Crippen molar-refractivity contribution in [3.05, 3.63) is 53.6 Å². The molecule has 186 valence electrons. The number of aromatic nitrogens is 1. The smallest absolute Gasteiger partial charge is 0.304 e. The van der Waals surface area contributed by atoms with E-state index >= 15 is 0 Å². The van der Waals surface area contributed by atoms with Gasteiger partial charge in [0.15, 0.2) is 0 Å². The number of anilines is 2. The molecule has 2 aromatic rings. The van der Waals surface area contributed by atoms with E-state index in [2.05, 4.69) is 22.5 Å². The highest BCUT2D eigenvalue weighted by molar-refractivity contribution is 7.90. The third-order valence-corrected chi connectivity index (χ3v) is 8.08. The van der Waals surface area contributed by atoms with Gasteiger partial charge in [-0.3, -0.25) is 4.79 Å². The number of pyridine rings is 1. The summed E-state index contributed by atoms with van der Waals surface area (Å²) in [5.74, 6) is 1.50. The van der Waals surface area contributed by atoms with Gasteiger partial charge >= 0.3 is 10.2 Å². The van der Waals surface area contributed by atoms with Crippen LogP contribution in [0.25, 0.3) is 0 Å². The van der Waals surface area contributed by atoms with Gasteiger partial charge < -0.3 is 16.4 Å². The molecule has 1 saturated carbocycles. The van der Waals surface area contributed by atoms with E-state index in [0.29, 0.717) is 29.6 Å². The van der Waals surface area contributed by atoms with E-state index in [1.165, 1.54) is 27.2 Å². The molecule has 0 spiro atoms. The van der Waals surface area contributed by atoms with Crippen LogP contribution in [0.15, 0.2) is 42.5 Å². The number of amides is 1. The van der Waals surface area contributed by atoms with E-state index in [0.717, 1.165) is 27.1 Å². The van der Waals surface area contributed by atoms with Crippen molar-refractivity contribution < 1.29 is 13.2 Å². The number of carbonyl (C=O) groups excluding carboxylic acids is 1. The summed E-state index contributed by atoms with van der Waals surface area (Å²) in [5, 5.41) is 6.30. The number of carbonyl (C=O) groups is 1. The molecule has 3 rings (SSSR count). The Morgan fingerprint density at radius 3 is 2.41 bits per heavy atom. The number of nitrogens with one attached hydrogen (secondary N) is 2. The Kier molecular flexibility index (Phi) is 8.17. The van der Waals surface area contributed by atoms with Crippen molar-refractivity contribution >= 4 is 27.8 Å². The van der Waals surface area contributed by atoms with Gasteiger partial charge in [0.05, 0.1) is 0 Å². The molecule has 1 aliphatic carbocycles. The fourth-order valence-corrected chi connectivity index (χ4v) is 4.49. The van der Waals surface area contributed by atoms with E-state index in [-0.39, 0.29) is 23.8 Å². The lowest BCUT2D eigenvalue weighted by molar-refractivity contribution is 0.0932. The molecule has 1 amide bonds. The van der Waals surface area contributed by atoms with Crippen LogP contribution in [0.3, 0.4) is 0 Å². The average molecular weight is 489 g/mol. The maximum absolute atomic E-state index is 13.3. The molecule has 1 heterocycles. The molecule has 1 aliphatic rings. The zero-order valence-corrected chi connectivity index (χ0v) is 21.3. The summed E-state index contributed by atoms with van der Waals surface area (Å²) in [6.07, 6.45) is 1.73. The Morgan fingerprint density at radius 1 is 1.21 bits per heavy atom. The summed E-state index contributed by atoms with van der Waals surface area (Å²) in [4.78, 5) is 17.7. The van der Waals surface area contributed by atoms with E-state index in [4.69, 9.17) is 5.73 Å². The minimum absolute atomic E-state index is 0.160. The van der Waals surface area contributed by atoms with Gasteiger partial charge in [-0.15, -0.1) is 0 Å². The number of rotatable bonds is 11. The van der Waals surface area contributed by atoms with Crippen LogP contribution in [-0.4, -0.2) is 63.4 Å². The van der Waals surface area contributed by atoms with E-state index in [1.54, 1.807) is 6.07 Å². The van der Waals surface area contributed by atoms with E-state index in [9.17, 15) is 13.2 Å². The SMILES string of the molecule is CC1CC1CNc1cc(C(=O)N[C@@H](Cc2ccccc2)C(C)N)cc(N(C)S(=O)(=O)N(C)C)n1. The molecule has 1 fully saturated rings. The largest absolute Gasteiger partial charge is 0.370 e. The van der Waals surface area contributed by atoms with Gasteiger partial charge in [0.1, 0.15) is 11.6 Å². The third-order valence-electron chi connectivity index (χ3n) is 6.28. The van der Waals surface area contributed by atoms with Crippen molar-refractivity contribution in [2.24, 2.45) is 17.6 Å². The molecule has 3 unspecified atom stereocenters. The van der Waals surface area contributed by atoms with Crippen molar-refractivity contribution in [1.29, 1.82) is 0 Å². The lowest BCUT2D eigenvalue weighted by Gasteiger charge is -2.25. The van der Waals surface area contributed by atoms with Crippen LogP contribution in [0.1, 0.15) is 36.2 Å². The van der Waals surface area contributed by atoms with Crippen LogP contribution in [0.2, 0.25) is 0 Å². The predicted octanol–water partition coefficient (Wildman–Crippen LogP) is 2.08. The first-order valence-electron chi connectivity index (χ1n) is 11.5. The van der Waals surface area contributed by atoms with Gasteiger partial charge in [-0.25, -0.2) is 9.29 Å². The minimum Gasteiger partial charge on any atom is -0.370 e. The van der Waals surface area contributed by atoms with Crippen LogP contribution < -0.4 is 20.7 Å². The number of nitrogens with zero attached hydrogens (tertiary/aromatic N) is 3. The summed E-state index contributed by atoms with van der Waals surface area (Å²) in [6.45, 7) is 4.76. The van der Waals surface area contributed by atoms with E-state index < -0.39 is 10.2 Å². The number of hydrogen-bond donors (Lipinski definition) is 3. The summed E-state index contributed by atoms with van der Waals surface area (Å²) in [5.41, 5.74) is 7.56. The highest BCUT2D eigenvalue weighted by atomic mass is 32.2. The first-order chi connectivity index (χ1) is 16.0.